The summed E-state index contributed by atoms with van der Waals surface area (Å²) in [5.74, 6) is -1.36. The van der Waals surface area contributed by atoms with Gasteiger partial charge in [-0.2, -0.15) is 0 Å². The Balaban J connectivity index is 3.11. The van der Waals surface area contributed by atoms with Crippen LogP contribution in [-0.2, 0) is 4.79 Å². The van der Waals surface area contributed by atoms with Crippen LogP contribution >= 0.6 is 0 Å². The third kappa shape index (κ3) is 4.17. The summed E-state index contributed by atoms with van der Waals surface area (Å²) in [6.45, 7) is 3.79. The number of hydrogen-bond donors (Lipinski definition) is 2. The van der Waals surface area contributed by atoms with Crippen molar-refractivity contribution in [2.75, 3.05) is 13.2 Å². The highest BCUT2D eigenvalue weighted by atomic mass is 16.4. The monoisotopic (exact) mass is 278 g/mol. The SMILES string of the molecule is CC(C)N(CCO)C(=O)c1ccncc1C=CC(=O)O. The summed E-state index contributed by atoms with van der Waals surface area (Å²) in [6, 6.07) is 1.47. The quantitative estimate of drug-likeness (QED) is 0.758. The summed E-state index contributed by atoms with van der Waals surface area (Å²) >= 11 is 0. The maximum absolute atomic E-state index is 12.4. The zero-order valence-electron chi connectivity index (χ0n) is 11.5. The summed E-state index contributed by atoms with van der Waals surface area (Å²) < 4.78 is 0. The van der Waals surface area contributed by atoms with Crippen molar-refractivity contribution in [3.05, 3.63) is 35.7 Å². The van der Waals surface area contributed by atoms with Gasteiger partial charge in [-0.05, 0) is 26.0 Å². The minimum absolute atomic E-state index is 0.0703. The molecule has 0 atom stereocenters. The van der Waals surface area contributed by atoms with Gasteiger partial charge in [-0.1, -0.05) is 0 Å². The molecule has 0 radical (unpaired) electrons. The van der Waals surface area contributed by atoms with E-state index in [-0.39, 0.29) is 25.1 Å². The third-order valence-corrected chi connectivity index (χ3v) is 2.71. The molecule has 0 aliphatic rings. The Labute approximate surface area is 117 Å². The first-order chi connectivity index (χ1) is 9.47. The fourth-order valence-corrected chi connectivity index (χ4v) is 1.75. The first-order valence-corrected chi connectivity index (χ1v) is 6.24. The Morgan fingerprint density at radius 3 is 2.70 bits per heavy atom. The fraction of sp³-hybridized carbons (Fsp3) is 0.357. The van der Waals surface area contributed by atoms with Gasteiger partial charge in [-0.3, -0.25) is 9.78 Å². The molecule has 0 aliphatic heterocycles. The smallest absolute Gasteiger partial charge is 0.328 e. The van der Waals surface area contributed by atoms with E-state index in [1.807, 2.05) is 13.8 Å². The van der Waals surface area contributed by atoms with E-state index in [0.717, 1.165) is 6.08 Å². The molecule has 6 nitrogen and oxygen atoms in total. The molecule has 2 N–H and O–H groups in total. The van der Waals surface area contributed by atoms with Crippen molar-refractivity contribution in [1.82, 2.24) is 9.88 Å². The third-order valence-electron chi connectivity index (χ3n) is 2.71. The number of nitrogens with zero attached hydrogens (tertiary/aromatic N) is 2. The number of amides is 1. The summed E-state index contributed by atoms with van der Waals surface area (Å²) in [5.41, 5.74) is 0.795. The second kappa shape index (κ2) is 7.40. The topological polar surface area (TPSA) is 90.7 Å². The molecule has 108 valence electrons. The standard InChI is InChI=1S/C14H18N2O4/c1-10(2)16(7-8-17)14(20)12-5-6-15-9-11(12)3-4-13(18)19/h3-6,9-10,17H,7-8H2,1-2H3,(H,18,19). The van der Waals surface area contributed by atoms with Crippen molar-refractivity contribution >= 4 is 18.0 Å². The molecular weight excluding hydrogens is 260 g/mol. The van der Waals surface area contributed by atoms with Gasteiger partial charge in [0.2, 0.25) is 0 Å². The molecule has 1 aromatic heterocycles. The van der Waals surface area contributed by atoms with Crippen LogP contribution in [0.25, 0.3) is 6.08 Å². The fourth-order valence-electron chi connectivity index (χ4n) is 1.75. The van der Waals surface area contributed by atoms with E-state index in [4.69, 9.17) is 10.2 Å². The van der Waals surface area contributed by atoms with Crippen molar-refractivity contribution in [2.45, 2.75) is 19.9 Å². The predicted molar refractivity (Wildman–Crippen MR) is 74.2 cm³/mol. The Bertz CT molecular complexity index is 512. The summed E-state index contributed by atoms with van der Waals surface area (Å²) in [4.78, 5) is 28.4. The Morgan fingerprint density at radius 1 is 1.45 bits per heavy atom. The Hall–Kier alpha value is -2.21. The number of aliphatic hydroxyl groups is 1. The Morgan fingerprint density at radius 2 is 2.15 bits per heavy atom. The number of aliphatic hydroxyl groups excluding tert-OH is 1. The molecule has 0 bridgehead atoms. The van der Waals surface area contributed by atoms with E-state index in [1.54, 1.807) is 0 Å². The molecule has 1 aromatic rings. The van der Waals surface area contributed by atoms with Gasteiger partial charge in [0.05, 0.1) is 6.61 Å². The van der Waals surface area contributed by atoms with Crippen molar-refractivity contribution in [2.24, 2.45) is 0 Å². The molecule has 0 spiro atoms. The number of aromatic nitrogens is 1. The van der Waals surface area contributed by atoms with Crippen LogP contribution in [0.5, 0.6) is 0 Å². The van der Waals surface area contributed by atoms with Crippen molar-refractivity contribution in [3.63, 3.8) is 0 Å². The van der Waals surface area contributed by atoms with Crippen LogP contribution in [-0.4, -0.2) is 51.2 Å². The first-order valence-electron chi connectivity index (χ1n) is 6.24. The number of hydrogen-bond acceptors (Lipinski definition) is 4. The van der Waals surface area contributed by atoms with E-state index in [9.17, 15) is 9.59 Å². The van der Waals surface area contributed by atoms with Crippen molar-refractivity contribution < 1.29 is 19.8 Å². The number of carbonyl (C=O) groups excluding carboxylic acids is 1. The number of pyridine rings is 1. The van der Waals surface area contributed by atoms with E-state index in [1.165, 1.54) is 29.4 Å². The van der Waals surface area contributed by atoms with E-state index < -0.39 is 5.97 Å². The molecular formula is C14H18N2O4. The van der Waals surface area contributed by atoms with Crippen LogP contribution in [0.3, 0.4) is 0 Å². The number of aliphatic carboxylic acids is 1. The second-order valence-corrected chi connectivity index (χ2v) is 4.45. The van der Waals surface area contributed by atoms with Crippen molar-refractivity contribution in [1.29, 1.82) is 0 Å². The highest BCUT2D eigenvalue weighted by Crippen LogP contribution is 2.14. The lowest BCUT2D eigenvalue weighted by Crippen LogP contribution is -2.39. The maximum Gasteiger partial charge on any atom is 0.328 e. The molecule has 6 heteroatoms. The predicted octanol–water partition coefficient (Wildman–Crippen LogP) is 1.02. The Kier molecular flexibility index (Phi) is 5.86. The summed E-state index contributed by atoms with van der Waals surface area (Å²) in [5, 5.41) is 17.7. The van der Waals surface area contributed by atoms with Gasteiger partial charge >= 0.3 is 5.97 Å². The zero-order valence-corrected chi connectivity index (χ0v) is 11.5. The highest BCUT2D eigenvalue weighted by molar-refractivity contribution is 5.98. The van der Waals surface area contributed by atoms with Gasteiger partial charge in [-0.25, -0.2) is 4.79 Å². The van der Waals surface area contributed by atoms with E-state index in [2.05, 4.69) is 4.98 Å². The van der Waals surface area contributed by atoms with Crippen LogP contribution in [0.15, 0.2) is 24.5 Å². The van der Waals surface area contributed by atoms with Gasteiger partial charge < -0.3 is 15.1 Å². The molecule has 0 fully saturated rings. The van der Waals surface area contributed by atoms with Crippen molar-refractivity contribution in [3.8, 4) is 0 Å². The lowest BCUT2D eigenvalue weighted by atomic mass is 10.1. The van der Waals surface area contributed by atoms with Crippen LogP contribution in [0, 0.1) is 0 Å². The molecule has 1 heterocycles. The number of carboxylic acid groups (broad SMARTS) is 1. The molecule has 20 heavy (non-hydrogen) atoms. The minimum atomic E-state index is -1.09. The molecule has 0 unspecified atom stereocenters. The number of rotatable bonds is 6. The van der Waals surface area contributed by atoms with E-state index in [0.29, 0.717) is 11.1 Å². The van der Waals surface area contributed by atoms with Gasteiger partial charge in [-0.15, -0.1) is 0 Å². The lowest BCUT2D eigenvalue weighted by molar-refractivity contribution is -0.131. The van der Waals surface area contributed by atoms with Crippen LogP contribution < -0.4 is 0 Å². The average Bonchev–Trinajstić information content (AvgIpc) is 2.41. The normalized spacial score (nSPS) is 11.0. The van der Waals surface area contributed by atoms with Gasteiger partial charge in [0.25, 0.3) is 5.91 Å². The minimum Gasteiger partial charge on any atom is -0.478 e. The number of carboxylic acids is 1. The maximum atomic E-state index is 12.4. The molecule has 0 saturated carbocycles. The van der Waals surface area contributed by atoms with Crippen LogP contribution in [0.2, 0.25) is 0 Å². The number of carbonyl (C=O) groups is 2. The van der Waals surface area contributed by atoms with Crippen LogP contribution in [0.4, 0.5) is 0 Å². The molecule has 0 saturated heterocycles. The molecule has 1 amide bonds. The van der Waals surface area contributed by atoms with Crippen LogP contribution in [0.1, 0.15) is 29.8 Å². The highest BCUT2D eigenvalue weighted by Gasteiger charge is 2.20. The lowest BCUT2D eigenvalue weighted by Gasteiger charge is -2.26. The second-order valence-electron chi connectivity index (χ2n) is 4.45. The summed E-state index contributed by atoms with van der Waals surface area (Å²) in [6.07, 6.45) is 5.20. The zero-order chi connectivity index (χ0) is 15.1. The summed E-state index contributed by atoms with van der Waals surface area (Å²) in [7, 11) is 0. The molecule has 1 rings (SSSR count). The largest absolute Gasteiger partial charge is 0.478 e. The van der Waals surface area contributed by atoms with Gasteiger partial charge in [0.1, 0.15) is 0 Å². The van der Waals surface area contributed by atoms with Gasteiger partial charge in [0.15, 0.2) is 0 Å². The molecule has 0 aliphatic carbocycles. The van der Waals surface area contributed by atoms with Gasteiger partial charge in [0, 0.05) is 42.2 Å². The average molecular weight is 278 g/mol. The first kappa shape index (κ1) is 15.8. The van der Waals surface area contributed by atoms with E-state index >= 15 is 0 Å². The molecule has 0 aromatic carbocycles.